The number of amides is 1. The molecule has 3 rings (SSSR count). The van der Waals surface area contributed by atoms with Gasteiger partial charge in [-0.2, -0.15) is 5.10 Å². The molecule has 1 atom stereocenters. The molecule has 0 radical (unpaired) electrons. The Hall–Kier alpha value is -2.21. The molecule has 1 aliphatic rings. The van der Waals surface area contributed by atoms with E-state index in [1.807, 2.05) is 13.8 Å². The third-order valence-electron chi connectivity index (χ3n) is 4.29. The highest BCUT2D eigenvalue weighted by Crippen LogP contribution is 2.31. The molecule has 5 nitrogen and oxygen atoms in total. The number of nitrogens with zero attached hydrogens (tertiary/aromatic N) is 3. The van der Waals surface area contributed by atoms with E-state index in [9.17, 15) is 9.18 Å². The minimum atomic E-state index is -0.326. The maximum Gasteiger partial charge on any atom is 0.220 e. The molecule has 1 fully saturated rings. The highest BCUT2D eigenvalue weighted by atomic mass is 19.1. The minimum Gasteiger partial charge on any atom is -0.377 e. The minimum absolute atomic E-state index is 0.00995. The molecule has 122 valence electrons. The van der Waals surface area contributed by atoms with Crippen molar-refractivity contribution in [2.75, 3.05) is 19.8 Å². The standard InChI is InChI=1S/C17H20FN3O2/c1-11-17(16-10-23-9-8-20(16)13(3)22)12(2)21(19-11)15-7-5-4-6-14(15)18/h4-7,16H,8-10H2,1-3H3/t16-/m0/s1. The van der Waals surface area contributed by atoms with Crippen molar-refractivity contribution in [2.24, 2.45) is 0 Å². The summed E-state index contributed by atoms with van der Waals surface area (Å²) in [5.74, 6) is -0.316. The van der Waals surface area contributed by atoms with Crippen molar-refractivity contribution < 1.29 is 13.9 Å². The molecule has 0 spiro atoms. The van der Waals surface area contributed by atoms with Gasteiger partial charge >= 0.3 is 0 Å². The first-order valence-corrected chi connectivity index (χ1v) is 7.66. The van der Waals surface area contributed by atoms with Gasteiger partial charge in [0.15, 0.2) is 0 Å². The maximum atomic E-state index is 14.1. The molecule has 1 amide bonds. The third kappa shape index (κ3) is 2.74. The fourth-order valence-electron chi connectivity index (χ4n) is 3.21. The summed E-state index contributed by atoms with van der Waals surface area (Å²) in [6.07, 6.45) is 0. The monoisotopic (exact) mass is 317 g/mol. The number of carbonyl (C=O) groups is 1. The van der Waals surface area contributed by atoms with Crippen LogP contribution in [0.3, 0.4) is 0 Å². The van der Waals surface area contributed by atoms with Crippen LogP contribution < -0.4 is 0 Å². The van der Waals surface area contributed by atoms with Gasteiger partial charge in [0.1, 0.15) is 11.5 Å². The van der Waals surface area contributed by atoms with E-state index in [4.69, 9.17) is 4.74 Å². The SMILES string of the molecule is CC(=O)N1CCOC[C@H]1c1c(C)nn(-c2ccccc2F)c1C. The number of hydrogen-bond acceptors (Lipinski definition) is 3. The summed E-state index contributed by atoms with van der Waals surface area (Å²) in [5.41, 5.74) is 2.95. The van der Waals surface area contributed by atoms with Gasteiger partial charge in [0.2, 0.25) is 5.91 Å². The number of hydrogen-bond donors (Lipinski definition) is 0. The maximum absolute atomic E-state index is 14.1. The highest BCUT2D eigenvalue weighted by molar-refractivity contribution is 5.74. The van der Waals surface area contributed by atoms with Gasteiger partial charge in [0, 0.05) is 24.7 Å². The molecule has 1 aromatic carbocycles. The number of ether oxygens (including phenoxy) is 1. The van der Waals surface area contributed by atoms with Gasteiger partial charge in [-0.1, -0.05) is 12.1 Å². The topological polar surface area (TPSA) is 47.4 Å². The van der Waals surface area contributed by atoms with Crippen molar-refractivity contribution >= 4 is 5.91 Å². The van der Waals surface area contributed by atoms with Gasteiger partial charge in [-0.25, -0.2) is 9.07 Å². The molecule has 1 aromatic heterocycles. The van der Waals surface area contributed by atoms with Crippen molar-refractivity contribution in [3.8, 4) is 5.69 Å². The van der Waals surface area contributed by atoms with Crippen molar-refractivity contribution in [3.63, 3.8) is 0 Å². The first-order chi connectivity index (χ1) is 11.0. The molecule has 0 bridgehead atoms. The Kier molecular flexibility index (Phi) is 4.17. The summed E-state index contributed by atoms with van der Waals surface area (Å²) in [6, 6.07) is 6.36. The number of para-hydroxylation sites is 1. The molecule has 2 aromatic rings. The first-order valence-electron chi connectivity index (χ1n) is 7.66. The molecule has 6 heteroatoms. The van der Waals surface area contributed by atoms with E-state index < -0.39 is 0 Å². The van der Waals surface area contributed by atoms with Crippen LogP contribution in [0.15, 0.2) is 24.3 Å². The number of morpholine rings is 1. The lowest BCUT2D eigenvalue weighted by Crippen LogP contribution is -2.42. The van der Waals surface area contributed by atoms with Gasteiger partial charge in [0.25, 0.3) is 0 Å². The van der Waals surface area contributed by atoms with E-state index in [-0.39, 0.29) is 17.8 Å². The summed E-state index contributed by atoms with van der Waals surface area (Å²) in [6.45, 7) is 6.87. The second-order valence-electron chi connectivity index (χ2n) is 5.75. The smallest absolute Gasteiger partial charge is 0.220 e. The molecule has 0 N–H and O–H groups in total. The number of aryl methyl sites for hydroxylation is 1. The number of rotatable bonds is 2. The zero-order valence-electron chi connectivity index (χ0n) is 13.5. The number of carbonyl (C=O) groups excluding carboxylic acids is 1. The fourth-order valence-corrected chi connectivity index (χ4v) is 3.21. The number of aromatic nitrogens is 2. The summed E-state index contributed by atoms with van der Waals surface area (Å²) in [7, 11) is 0. The van der Waals surface area contributed by atoms with Crippen molar-refractivity contribution in [2.45, 2.75) is 26.8 Å². The average molecular weight is 317 g/mol. The van der Waals surface area contributed by atoms with E-state index in [2.05, 4.69) is 5.10 Å². The lowest BCUT2D eigenvalue weighted by Gasteiger charge is -2.35. The summed E-state index contributed by atoms with van der Waals surface area (Å²) in [5, 5.41) is 4.49. The zero-order chi connectivity index (χ0) is 16.6. The molecule has 2 heterocycles. The summed E-state index contributed by atoms with van der Waals surface area (Å²) >= 11 is 0. The molecular formula is C17H20FN3O2. The van der Waals surface area contributed by atoms with Crippen LogP contribution in [0, 0.1) is 19.7 Å². The van der Waals surface area contributed by atoms with E-state index >= 15 is 0 Å². The van der Waals surface area contributed by atoms with Crippen LogP contribution in [0.4, 0.5) is 4.39 Å². The van der Waals surface area contributed by atoms with Crippen LogP contribution in [-0.4, -0.2) is 40.3 Å². The van der Waals surface area contributed by atoms with Crippen molar-refractivity contribution in [1.82, 2.24) is 14.7 Å². The van der Waals surface area contributed by atoms with Crippen LogP contribution in [-0.2, 0) is 9.53 Å². The normalized spacial score (nSPS) is 18.3. The second-order valence-corrected chi connectivity index (χ2v) is 5.75. The summed E-state index contributed by atoms with van der Waals surface area (Å²) < 4.78 is 21.3. The van der Waals surface area contributed by atoms with Gasteiger partial charge < -0.3 is 9.64 Å². The summed E-state index contributed by atoms with van der Waals surface area (Å²) in [4.78, 5) is 13.7. The zero-order valence-corrected chi connectivity index (χ0v) is 13.5. The van der Waals surface area contributed by atoms with Crippen LogP contribution in [0.5, 0.6) is 0 Å². The highest BCUT2D eigenvalue weighted by Gasteiger charge is 2.31. The van der Waals surface area contributed by atoms with E-state index in [1.165, 1.54) is 6.07 Å². The van der Waals surface area contributed by atoms with Crippen LogP contribution in [0.2, 0.25) is 0 Å². The Morgan fingerprint density at radius 2 is 2.09 bits per heavy atom. The molecule has 1 aliphatic heterocycles. The quantitative estimate of drug-likeness (QED) is 0.855. The fraction of sp³-hybridized carbons (Fsp3) is 0.412. The Labute approximate surface area is 134 Å². The molecular weight excluding hydrogens is 297 g/mol. The van der Waals surface area contributed by atoms with Crippen LogP contribution in [0.1, 0.15) is 29.9 Å². The largest absolute Gasteiger partial charge is 0.377 e. The molecule has 0 unspecified atom stereocenters. The van der Waals surface area contributed by atoms with Gasteiger partial charge in [0.05, 0.1) is 24.9 Å². The molecule has 0 aliphatic carbocycles. The molecule has 0 saturated carbocycles. The van der Waals surface area contributed by atoms with E-state index in [0.29, 0.717) is 25.4 Å². The second kappa shape index (κ2) is 6.12. The van der Waals surface area contributed by atoms with Gasteiger partial charge in [-0.05, 0) is 26.0 Å². The van der Waals surface area contributed by atoms with Crippen LogP contribution in [0.25, 0.3) is 5.69 Å². The van der Waals surface area contributed by atoms with Crippen molar-refractivity contribution in [3.05, 3.63) is 47.0 Å². The van der Waals surface area contributed by atoms with E-state index in [0.717, 1.165) is 17.0 Å². The Bertz CT molecular complexity index is 741. The number of halogens is 1. The Morgan fingerprint density at radius 1 is 1.35 bits per heavy atom. The van der Waals surface area contributed by atoms with Gasteiger partial charge in [-0.3, -0.25) is 4.79 Å². The lowest BCUT2D eigenvalue weighted by molar-refractivity contribution is -0.137. The number of benzene rings is 1. The molecule has 23 heavy (non-hydrogen) atoms. The predicted octanol–water partition coefficient (Wildman–Crippen LogP) is 2.55. The Morgan fingerprint density at radius 3 is 2.78 bits per heavy atom. The third-order valence-corrected chi connectivity index (χ3v) is 4.29. The van der Waals surface area contributed by atoms with Crippen LogP contribution >= 0.6 is 0 Å². The average Bonchev–Trinajstić information content (AvgIpc) is 2.82. The van der Waals surface area contributed by atoms with Gasteiger partial charge in [-0.15, -0.1) is 0 Å². The van der Waals surface area contributed by atoms with E-state index in [1.54, 1.807) is 34.7 Å². The first kappa shape index (κ1) is 15.7. The van der Waals surface area contributed by atoms with Crippen molar-refractivity contribution in [1.29, 1.82) is 0 Å². The lowest BCUT2D eigenvalue weighted by atomic mass is 10.0. The predicted molar refractivity (Wildman–Crippen MR) is 83.9 cm³/mol. The molecule has 1 saturated heterocycles. The Balaban J connectivity index is 2.08.